The van der Waals surface area contributed by atoms with E-state index in [0.29, 0.717) is 12.1 Å². The van der Waals surface area contributed by atoms with Crippen molar-refractivity contribution in [2.75, 3.05) is 37.6 Å². The average molecular weight is 350 g/mol. The summed E-state index contributed by atoms with van der Waals surface area (Å²) in [5, 5.41) is 9.28. The first-order valence-corrected chi connectivity index (χ1v) is 9.21. The van der Waals surface area contributed by atoms with Crippen molar-refractivity contribution in [1.82, 2.24) is 9.47 Å². The molecule has 26 heavy (non-hydrogen) atoms. The predicted molar refractivity (Wildman–Crippen MR) is 104 cm³/mol. The Morgan fingerprint density at radius 3 is 2.46 bits per heavy atom. The molecular weight excluding hydrogens is 324 g/mol. The van der Waals surface area contributed by atoms with Crippen molar-refractivity contribution in [3.8, 4) is 6.07 Å². The molecule has 1 aliphatic heterocycles. The van der Waals surface area contributed by atoms with Gasteiger partial charge in [-0.3, -0.25) is 9.69 Å². The fourth-order valence-corrected chi connectivity index (χ4v) is 3.85. The summed E-state index contributed by atoms with van der Waals surface area (Å²) in [5.74, 6) is 0.198. The molecule has 1 aliphatic rings. The zero-order valence-electron chi connectivity index (χ0n) is 15.8. The number of hydrogen-bond acceptors (Lipinski definition) is 4. The third kappa shape index (κ3) is 3.51. The van der Waals surface area contributed by atoms with Gasteiger partial charge in [0.05, 0.1) is 17.8 Å². The monoisotopic (exact) mass is 350 g/mol. The highest BCUT2D eigenvalue weighted by Crippen LogP contribution is 2.21. The van der Waals surface area contributed by atoms with E-state index < -0.39 is 0 Å². The maximum absolute atomic E-state index is 12.8. The van der Waals surface area contributed by atoms with Gasteiger partial charge in [0.1, 0.15) is 6.07 Å². The Morgan fingerprint density at radius 1 is 1.15 bits per heavy atom. The van der Waals surface area contributed by atoms with Gasteiger partial charge in [0.2, 0.25) is 0 Å². The molecule has 1 saturated heterocycles. The molecule has 2 aromatic rings. The zero-order chi connectivity index (χ0) is 18.7. The summed E-state index contributed by atoms with van der Waals surface area (Å²) in [5.41, 5.74) is 4.76. The number of para-hydroxylation sites is 1. The van der Waals surface area contributed by atoms with Gasteiger partial charge in [-0.2, -0.15) is 5.26 Å². The number of nitrogens with zero attached hydrogens (tertiary/aromatic N) is 4. The van der Waals surface area contributed by atoms with E-state index in [-0.39, 0.29) is 5.78 Å². The van der Waals surface area contributed by atoms with Crippen molar-refractivity contribution in [1.29, 1.82) is 5.26 Å². The van der Waals surface area contributed by atoms with Gasteiger partial charge in [-0.05, 0) is 39.0 Å². The number of hydrogen-bond donors (Lipinski definition) is 0. The van der Waals surface area contributed by atoms with Crippen molar-refractivity contribution >= 4 is 11.5 Å². The van der Waals surface area contributed by atoms with Gasteiger partial charge in [-0.15, -0.1) is 0 Å². The minimum atomic E-state index is 0.198. The Hall–Kier alpha value is -2.58. The van der Waals surface area contributed by atoms with Crippen LogP contribution in [0.2, 0.25) is 0 Å². The number of carbonyl (C=O) groups excluding carboxylic acids is 1. The van der Waals surface area contributed by atoms with E-state index in [2.05, 4.69) is 34.3 Å². The third-order valence-electron chi connectivity index (χ3n) is 5.29. The fourth-order valence-electron chi connectivity index (χ4n) is 3.85. The second-order valence-corrected chi connectivity index (χ2v) is 6.84. The van der Waals surface area contributed by atoms with Crippen LogP contribution in [0.5, 0.6) is 0 Å². The Morgan fingerprint density at radius 2 is 1.85 bits per heavy atom. The summed E-state index contributed by atoms with van der Waals surface area (Å²) in [6.07, 6.45) is 0. The van der Waals surface area contributed by atoms with Crippen LogP contribution < -0.4 is 4.90 Å². The molecule has 0 N–H and O–H groups in total. The van der Waals surface area contributed by atoms with Crippen LogP contribution in [0.1, 0.15) is 34.2 Å². The van der Waals surface area contributed by atoms with Crippen LogP contribution in [0.25, 0.3) is 0 Å². The Bertz CT molecular complexity index is 838. The Labute approximate surface area is 155 Å². The van der Waals surface area contributed by atoms with E-state index in [9.17, 15) is 10.1 Å². The van der Waals surface area contributed by atoms with Crippen LogP contribution >= 0.6 is 0 Å². The van der Waals surface area contributed by atoms with Crippen molar-refractivity contribution in [3.63, 3.8) is 0 Å². The molecule has 0 saturated carbocycles. The zero-order valence-corrected chi connectivity index (χ0v) is 15.8. The number of nitriles is 1. The van der Waals surface area contributed by atoms with Crippen molar-refractivity contribution in [3.05, 3.63) is 52.8 Å². The fraction of sp³-hybridized carbons (Fsp3) is 0.429. The molecule has 3 rings (SSSR count). The normalized spacial score (nSPS) is 15.1. The maximum atomic E-state index is 12.8. The lowest BCUT2D eigenvalue weighted by Crippen LogP contribution is -2.48. The van der Waals surface area contributed by atoms with Gasteiger partial charge in [0, 0.05) is 49.7 Å². The van der Waals surface area contributed by atoms with Gasteiger partial charge >= 0.3 is 0 Å². The topological polar surface area (TPSA) is 52.3 Å². The van der Waals surface area contributed by atoms with E-state index in [0.717, 1.165) is 55.4 Å². The van der Waals surface area contributed by atoms with E-state index in [4.69, 9.17) is 0 Å². The predicted octanol–water partition coefficient (Wildman–Crippen LogP) is 3.00. The lowest BCUT2D eigenvalue weighted by atomic mass is 10.1. The number of aromatic nitrogens is 1. The summed E-state index contributed by atoms with van der Waals surface area (Å²) in [6, 6.07) is 12.0. The molecule has 136 valence electrons. The number of benzene rings is 1. The standard InChI is InChI=1S/C21H26N4O/c1-4-25-16(2)13-19(17(25)3)21(26)15-23-9-11-24(12-10-23)20-8-6-5-7-18(20)14-22/h5-8,13H,4,9-12,15H2,1-3H3. The number of rotatable bonds is 5. The Balaban J connectivity index is 1.62. The number of anilines is 1. The first-order chi connectivity index (χ1) is 12.5. The molecule has 1 aromatic heterocycles. The second kappa shape index (κ2) is 7.76. The van der Waals surface area contributed by atoms with Crippen molar-refractivity contribution < 1.29 is 4.79 Å². The van der Waals surface area contributed by atoms with Crippen LogP contribution in [0.3, 0.4) is 0 Å². The number of aryl methyl sites for hydroxylation is 1. The first-order valence-electron chi connectivity index (χ1n) is 9.21. The van der Waals surface area contributed by atoms with Gasteiger partial charge in [0.15, 0.2) is 5.78 Å². The smallest absolute Gasteiger partial charge is 0.178 e. The number of carbonyl (C=O) groups is 1. The number of ketones is 1. The lowest BCUT2D eigenvalue weighted by molar-refractivity contribution is 0.0925. The molecule has 1 fully saturated rings. The molecule has 0 unspecified atom stereocenters. The second-order valence-electron chi connectivity index (χ2n) is 6.84. The van der Waals surface area contributed by atoms with Gasteiger partial charge < -0.3 is 9.47 Å². The van der Waals surface area contributed by atoms with Crippen LogP contribution in [0, 0.1) is 25.2 Å². The largest absolute Gasteiger partial charge is 0.368 e. The quantitative estimate of drug-likeness (QED) is 0.778. The molecule has 0 bridgehead atoms. The average Bonchev–Trinajstić information content (AvgIpc) is 2.96. The molecule has 0 atom stereocenters. The highest BCUT2D eigenvalue weighted by molar-refractivity contribution is 5.99. The molecule has 0 radical (unpaired) electrons. The number of Topliss-reactive ketones (excluding diaryl/α,β-unsaturated/α-hetero) is 1. The molecule has 1 aromatic carbocycles. The first kappa shape index (κ1) is 18.2. The van der Waals surface area contributed by atoms with Crippen LogP contribution in [0.4, 0.5) is 5.69 Å². The molecule has 0 aliphatic carbocycles. The molecule has 2 heterocycles. The summed E-state index contributed by atoms with van der Waals surface area (Å²) in [4.78, 5) is 17.2. The lowest BCUT2D eigenvalue weighted by Gasteiger charge is -2.36. The maximum Gasteiger partial charge on any atom is 0.178 e. The van der Waals surface area contributed by atoms with E-state index >= 15 is 0 Å². The van der Waals surface area contributed by atoms with Crippen molar-refractivity contribution in [2.45, 2.75) is 27.3 Å². The van der Waals surface area contributed by atoms with Gasteiger partial charge in [0.25, 0.3) is 0 Å². The molecule has 0 spiro atoms. The molecule has 5 nitrogen and oxygen atoms in total. The SMILES string of the molecule is CCn1c(C)cc(C(=O)CN2CCN(c3ccccc3C#N)CC2)c1C. The van der Waals surface area contributed by atoms with Gasteiger partial charge in [-0.25, -0.2) is 0 Å². The summed E-state index contributed by atoms with van der Waals surface area (Å²) < 4.78 is 2.18. The van der Waals surface area contributed by atoms with E-state index in [1.807, 2.05) is 37.3 Å². The highest BCUT2D eigenvalue weighted by Gasteiger charge is 2.23. The summed E-state index contributed by atoms with van der Waals surface area (Å²) >= 11 is 0. The van der Waals surface area contributed by atoms with E-state index in [1.54, 1.807) is 0 Å². The minimum Gasteiger partial charge on any atom is -0.368 e. The minimum absolute atomic E-state index is 0.198. The number of piperazine rings is 1. The van der Waals surface area contributed by atoms with Crippen LogP contribution in [0.15, 0.2) is 30.3 Å². The molecule has 0 amide bonds. The van der Waals surface area contributed by atoms with E-state index in [1.165, 1.54) is 0 Å². The molecule has 5 heteroatoms. The summed E-state index contributed by atoms with van der Waals surface area (Å²) in [6.45, 7) is 10.9. The van der Waals surface area contributed by atoms with Crippen LogP contribution in [-0.2, 0) is 6.54 Å². The highest BCUT2D eigenvalue weighted by atomic mass is 16.1. The summed E-state index contributed by atoms with van der Waals surface area (Å²) in [7, 11) is 0. The molecular formula is C21H26N4O. The third-order valence-corrected chi connectivity index (χ3v) is 5.29. The van der Waals surface area contributed by atoms with Crippen LogP contribution in [-0.4, -0.2) is 48.0 Å². The Kier molecular flexibility index (Phi) is 5.43. The van der Waals surface area contributed by atoms with Gasteiger partial charge in [-0.1, -0.05) is 12.1 Å². The van der Waals surface area contributed by atoms with Crippen molar-refractivity contribution in [2.24, 2.45) is 0 Å².